The van der Waals surface area contributed by atoms with Crippen LogP contribution >= 0.6 is 15.9 Å². The Balaban J connectivity index is 0.000000189. The SMILES string of the molecule is CNc1ccc2nc(C)n(C(c3ccccc3)c3ccccc3)c(=O)c2c1.Cc1nc2ccc(N(C)CC#N)cc2c(=O)n1C(c1ccccc1)c1ccccc1.N#CCBr. The van der Waals surface area contributed by atoms with E-state index in [9.17, 15) is 9.59 Å². The van der Waals surface area contributed by atoms with E-state index in [4.69, 9.17) is 20.5 Å². The second kappa shape index (κ2) is 20.6. The standard InChI is InChI=1S/C25H22N4O.C23H21N3O.C2H2BrN/c1-18-27-23-14-13-21(28(2)16-15-26)17-22(23)25(30)29(18)24(19-9-5-3-6-10-19)20-11-7-4-8-12-20;1-16-25-21-14-13-19(24-2)15-20(21)23(27)26(16)22(17-9-5-3-6-10-17)18-11-7-4-8-12-18;3-1-2-4/h3-14,17,24H,16H2,1-2H3;3-15,22,24H,1-2H3;1H2. The molecule has 8 rings (SSSR count). The summed E-state index contributed by atoms with van der Waals surface area (Å²) < 4.78 is 3.56. The molecule has 11 heteroatoms. The van der Waals surface area contributed by atoms with Gasteiger partial charge in [0, 0.05) is 25.5 Å². The zero-order valence-corrected chi connectivity index (χ0v) is 36.0. The molecule has 0 radical (unpaired) electrons. The van der Waals surface area contributed by atoms with Gasteiger partial charge in [-0.05, 0) is 72.5 Å². The van der Waals surface area contributed by atoms with Gasteiger partial charge in [-0.2, -0.15) is 10.5 Å². The molecule has 0 spiro atoms. The monoisotopic (exact) mass is 868 g/mol. The number of anilines is 2. The van der Waals surface area contributed by atoms with Gasteiger partial charge in [-0.3, -0.25) is 18.7 Å². The van der Waals surface area contributed by atoms with Crippen LogP contribution in [-0.4, -0.2) is 45.1 Å². The number of aromatic nitrogens is 4. The highest BCUT2D eigenvalue weighted by Crippen LogP contribution is 2.29. The molecule has 0 amide bonds. The molecule has 0 saturated carbocycles. The van der Waals surface area contributed by atoms with Crippen molar-refractivity contribution in [2.24, 2.45) is 0 Å². The van der Waals surface area contributed by atoms with Crippen molar-refractivity contribution in [3.63, 3.8) is 0 Å². The van der Waals surface area contributed by atoms with Crippen LogP contribution in [0.3, 0.4) is 0 Å². The van der Waals surface area contributed by atoms with E-state index in [-0.39, 0.29) is 29.7 Å². The Morgan fingerprint density at radius 2 is 0.984 bits per heavy atom. The van der Waals surface area contributed by atoms with Crippen LogP contribution in [0, 0.1) is 36.5 Å². The zero-order chi connectivity index (χ0) is 43.3. The van der Waals surface area contributed by atoms with Crippen LogP contribution < -0.4 is 21.3 Å². The van der Waals surface area contributed by atoms with Gasteiger partial charge in [-0.15, -0.1) is 0 Å². The molecule has 2 aromatic heterocycles. The molecule has 61 heavy (non-hydrogen) atoms. The lowest BCUT2D eigenvalue weighted by Crippen LogP contribution is -2.29. The lowest BCUT2D eigenvalue weighted by Gasteiger charge is -2.24. The van der Waals surface area contributed by atoms with Crippen LogP contribution in [0.15, 0.2) is 167 Å². The fourth-order valence-corrected chi connectivity index (χ4v) is 7.33. The van der Waals surface area contributed by atoms with Crippen LogP contribution in [0.4, 0.5) is 11.4 Å². The molecule has 0 bridgehead atoms. The lowest BCUT2D eigenvalue weighted by molar-refractivity contribution is 0.619. The molecule has 10 nitrogen and oxygen atoms in total. The molecule has 6 aromatic carbocycles. The molecule has 0 aliphatic heterocycles. The molecule has 2 heterocycles. The number of hydrogen-bond acceptors (Lipinski definition) is 8. The Bertz CT molecular complexity index is 2850. The topological polar surface area (TPSA) is 133 Å². The van der Waals surface area contributed by atoms with Crippen molar-refractivity contribution in [1.29, 1.82) is 10.5 Å². The molecule has 0 fully saturated rings. The van der Waals surface area contributed by atoms with Crippen LogP contribution in [0.1, 0.15) is 46.0 Å². The minimum Gasteiger partial charge on any atom is -0.388 e. The van der Waals surface area contributed by atoms with E-state index in [1.807, 2.05) is 172 Å². The number of halogens is 1. The summed E-state index contributed by atoms with van der Waals surface area (Å²) >= 11 is 2.89. The molecule has 304 valence electrons. The minimum atomic E-state index is -0.280. The first-order valence-corrected chi connectivity index (χ1v) is 20.8. The molecule has 0 unspecified atom stereocenters. The van der Waals surface area contributed by atoms with Crippen LogP contribution in [-0.2, 0) is 0 Å². The third-order valence-corrected chi connectivity index (χ3v) is 10.5. The van der Waals surface area contributed by atoms with Gasteiger partial charge in [-0.1, -0.05) is 137 Å². The average Bonchev–Trinajstić information content (AvgIpc) is 3.30. The van der Waals surface area contributed by atoms with Gasteiger partial charge in [0.2, 0.25) is 0 Å². The van der Waals surface area contributed by atoms with Crippen molar-refractivity contribution in [1.82, 2.24) is 19.1 Å². The van der Waals surface area contributed by atoms with Crippen molar-refractivity contribution in [2.75, 3.05) is 36.2 Å². The fourth-order valence-electron chi connectivity index (χ4n) is 7.33. The van der Waals surface area contributed by atoms with E-state index in [1.165, 1.54) is 0 Å². The van der Waals surface area contributed by atoms with Crippen molar-refractivity contribution in [3.8, 4) is 12.1 Å². The number of rotatable bonds is 9. The summed E-state index contributed by atoms with van der Waals surface area (Å²) in [6.45, 7) is 4.01. The van der Waals surface area contributed by atoms with E-state index in [1.54, 1.807) is 9.13 Å². The second-order valence-electron chi connectivity index (χ2n) is 14.1. The van der Waals surface area contributed by atoms with E-state index in [0.29, 0.717) is 38.8 Å². The smallest absolute Gasteiger partial charge is 0.262 e. The maximum absolute atomic E-state index is 13.7. The van der Waals surface area contributed by atoms with Gasteiger partial charge in [0.1, 0.15) is 18.2 Å². The predicted molar refractivity (Wildman–Crippen MR) is 250 cm³/mol. The van der Waals surface area contributed by atoms with E-state index >= 15 is 0 Å². The summed E-state index contributed by atoms with van der Waals surface area (Å²) in [7, 11) is 3.68. The maximum atomic E-state index is 13.7. The number of fused-ring (bicyclic) bond motifs is 2. The first kappa shape index (κ1) is 43.2. The largest absolute Gasteiger partial charge is 0.388 e. The van der Waals surface area contributed by atoms with E-state index < -0.39 is 0 Å². The molecular formula is C50H45BrN8O2. The average molecular weight is 870 g/mol. The van der Waals surface area contributed by atoms with E-state index in [2.05, 4.69) is 51.6 Å². The second-order valence-corrected chi connectivity index (χ2v) is 14.7. The first-order valence-electron chi connectivity index (χ1n) is 19.6. The molecule has 0 aliphatic carbocycles. The van der Waals surface area contributed by atoms with Crippen molar-refractivity contribution < 1.29 is 0 Å². The van der Waals surface area contributed by atoms with E-state index in [0.717, 1.165) is 33.6 Å². The first-order chi connectivity index (χ1) is 29.7. The number of nitrogens with one attached hydrogen (secondary N) is 1. The summed E-state index contributed by atoms with van der Waals surface area (Å²) in [5, 5.41) is 21.3. The highest BCUT2D eigenvalue weighted by Gasteiger charge is 2.23. The Labute approximate surface area is 363 Å². The number of benzene rings is 6. The van der Waals surface area contributed by atoms with Crippen LogP contribution in [0.25, 0.3) is 21.8 Å². The predicted octanol–water partition coefficient (Wildman–Crippen LogP) is 9.59. The Kier molecular flexibility index (Phi) is 14.6. The molecular weight excluding hydrogens is 825 g/mol. The number of nitrogens with zero attached hydrogens (tertiary/aromatic N) is 7. The molecule has 1 N–H and O–H groups in total. The summed E-state index contributed by atoms with van der Waals surface area (Å²) in [6, 6.07) is 54.9. The van der Waals surface area contributed by atoms with Crippen LogP contribution in [0.5, 0.6) is 0 Å². The molecule has 8 aromatic rings. The van der Waals surface area contributed by atoms with Crippen molar-refractivity contribution in [3.05, 3.63) is 212 Å². The summed E-state index contributed by atoms with van der Waals surface area (Å²) in [5.74, 6) is 1.35. The Morgan fingerprint density at radius 1 is 0.607 bits per heavy atom. The highest BCUT2D eigenvalue weighted by molar-refractivity contribution is 9.09. The highest BCUT2D eigenvalue weighted by atomic mass is 79.9. The summed E-state index contributed by atoms with van der Waals surface area (Å²) in [5.41, 5.74) is 7.10. The molecule has 0 saturated heterocycles. The normalized spacial score (nSPS) is 10.6. The third-order valence-electron chi connectivity index (χ3n) is 10.2. The lowest BCUT2D eigenvalue weighted by atomic mass is 9.98. The number of alkyl halides is 1. The zero-order valence-electron chi connectivity index (χ0n) is 34.4. The van der Waals surface area contributed by atoms with Gasteiger partial charge >= 0.3 is 0 Å². The van der Waals surface area contributed by atoms with Gasteiger partial charge in [0.15, 0.2) is 0 Å². The molecule has 0 aliphatic rings. The number of nitriles is 2. The van der Waals surface area contributed by atoms with Crippen molar-refractivity contribution >= 4 is 49.1 Å². The quantitative estimate of drug-likeness (QED) is 0.112. The van der Waals surface area contributed by atoms with Crippen LogP contribution in [0.2, 0.25) is 0 Å². The maximum Gasteiger partial charge on any atom is 0.262 e. The van der Waals surface area contributed by atoms with Gasteiger partial charge in [0.05, 0.1) is 51.4 Å². The minimum absolute atomic E-state index is 0.0349. The van der Waals surface area contributed by atoms with Gasteiger partial charge in [0.25, 0.3) is 11.1 Å². The third kappa shape index (κ3) is 9.93. The fraction of sp³-hybridized carbons (Fsp3) is 0.160. The van der Waals surface area contributed by atoms with Gasteiger partial charge in [-0.25, -0.2) is 9.97 Å². The molecule has 0 atom stereocenters. The summed E-state index contributed by atoms with van der Waals surface area (Å²) in [6.07, 6.45) is 0. The van der Waals surface area contributed by atoms with Crippen molar-refractivity contribution in [2.45, 2.75) is 25.9 Å². The number of hydrogen-bond donors (Lipinski definition) is 1. The van der Waals surface area contributed by atoms with Gasteiger partial charge < -0.3 is 10.2 Å². The number of aryl methyl sites for hydroxylation is 2. The summed E-state index contributed by atoms with van der Waals surface area (Å²) in [4.78, 5) is 38.5. The Hall–Kier alpha value is -7.34. The Morgan fingerprint density at radius 3 is 1.34 bits per heavy atom.